The van der Waals surface area contributed by atoms with Crippen molar-refractivity contribution in [1.82, 2.24) is 29.5 Å². The third-order valence-corrected chi connectivity index (χ3v) is 7.63. The van der Waals surface area contributed by atoms with E-state index in [1.807, 2.05) is 6.07 Å². The Bertz CT molecular complexity index is 1590. The van der Waals surface area contributed by atoms with Gasteiger partial charge in [0.2, 0.25) is 5.88 Å². The van der Waals surface area contributed by atoms with Crippen molar-refractivity contribution < 1.29 is 27.4 Å². The van der Waals surface area contributed by atoms with E-state index in [1.54, 1.807) is 12.1 Å². The largest absolute Gasteiger partial charge is 0.480 e. The lowest BCUT2D eigenvalue weighted by molar-refractivity contribution is 0.0119. The van der Waals surface area contributed by atoms with E-state index in [1.165, 1.54) is 43.3 Å². The minimum Gasteiger partial charge on any atom is -0.480 e. The number of aromatic nitrogens is 5. The van der Waals surface area contributed by atoms with Crippen LogP contribution in [0.15, 0.2) is 42.7 Å². The van der Waals surface area contributed by atoms with Crippen LogP contribution in [0.25, 0.3) is 16.9 Å². The van der Waals surface area contributed by atoms with Gasteiger partial charge in [-0.05, 0) is 36.1 Å². The monoisotopic (exact) mass is 538 g/mol. The van der Waals surface area contributed by atoms with Gasteiger partial charge in [-0.2, -0.15) is 10.1 Å². The Morgan fingerprint density at radius 2 is 1.90 bits per heavy atom. The molecule has 4 heterocycles. The molecule has 1 aromatic carbocycles. The fourth-order valence-electron chi connectivity index (χ4n) is 5.31. The maximum Gasteiger partial charge on any atom is 0.319 e. The maximum absolute atomic E-state index is 13.8. The summed E-state index contributed by atoms with van der Waals surface area (Å²) < 4.78 is 53.3. The molecule has 6 rings (SSSR count). The van der Waals surface area contributed by atoms with Crippen molar-refractivity contribution in [2.24, 2.45) is 0 Å². The third kappa shape index (κ3) is 4.33. The number of alkyl halides is 2. The van der Waals surface area contributed by atoms with Crippen molar-refractivity contribution in [3.05, 3.63) is 65.4 Å². The van der Waals surface area contributed by atoms with Crippen LogP contribution in [0.1, 0.15) is 47.3 Å². The highest BCUT2D eigenvalue weighted by Crippen LogP contribution is 2.61. The Morgan fingerprint density at radius 1 is 1.13 bits per heavy atom. The molecule has 12 heteroatoms. The number of halogens is 3. The number of nitrogens with zero attached hydrogens (tertiary/aromatic N) is 6. The van der Waals surface area contributed by atoms with Gasteiger partial charge in [0.15, 0.2) is 5.65 Å². The third-order valence-electron chi connectivity index (χ3n) is 7.63. The number of carbonyl (C=O) groups excluding carboxylic acids is 1. The Balaban J connectivity index is 1.47. The lowest BCUT2D eigenvalue weighted by atomic mass is 9.93. The molecule has 0 spiro atoms. The second-order valence-electron chi connectivity index (χ2n) is 10.2. The molecule has 2 aliphatic rings. The molecule has 202 valence electrons. The summed E-state index contributed by atoms with van der Waals surface area (Å²) in [7, 11) is 2.91. The van der Waals surface area contributed by atoms with Gasteiger partial charge in [-0.15, -0.1) is 0 Å². The van der Waals surface area contributed by atoms with Crippen LogP contribution in [-0.2, 0) is 5.41 Å². The number of fused-ring (bicyclic) bond motifs is 1. The molecule has 1 aliphatic carbocycles. The summed E-state index contributed by atoms with van der Waals surface area (Å²) in [6, 6.07) is 8.38. The number of likely N-dealkylation sites (tertiary alicyclic amines) is 1. The molecule has 1 aliphatic heterocycles. The fourth-order valence-corrected chi connectivity index (χ4v) is 5.31. The van der Waals surface area contributed by atoms with Gasteiger partial charge in [-0.1, -0.05) is 19.1 Å². The van der Waals surface area contributed by atoms with Crippen LogP contribution in [0, 0.1) is 5.82 Å². The molecule has 0 N–H and O–H groups in total. The Kier molecular flexibility index (Phi) is 5.74. The maximum atomic E-state index is 13.8. The number of hydrogen-bond donors (Lipinski definition) is 0. The Hall–Kier alpha value is -4.22. The molecule has 3 aromatic heterocycles. The molecule has 4 aromatic rings. The minimum atomic E-state index is -2.92. The SMILES string of the molecule is COc1ncc(-c2cc([C@H]3C[C@]3(C)c3ccc(F)cc3)c3nc(C(=O)N4CCC(F)(F)C4)cn3n2)c(OC)n1. The molecule has 2 fully saturated rings. The van der Waals surface area contributed by atoms with Crippen LogP contribution in [0.2, 0.25) is 0 Å². The highest BCUT2D eigenvalue weighted by molar-refractivity contribution is 5.93. The van der Waals surface area contributed by atoms with Crippen LogP contribution in [0.4, 0.5) is 13.2 Å². The van der Waals surface area contributed by atoms with Crippen LogP contribution in [-0.4, -0.2) is 68.6 Å². The molecule has 0 unspecified atom stereocenters. The molecular weight excluding hydrogens is 513 g/mol. The van der Waals surface area contributed by atoms with E-state index in [-0.39, 0.29) is 47.7 Å². The normalized spacial score (nSPS) is 21.8. The van der Waals surface area contributed by atoms with Crippen LogP contribution >= 0.6 is 0 Å². The number of methoxy groups -OCH3 is 2. The summed E-state index contributed by atoms with van der Waals surface area (Å²) in [5.74, 6) is -3.59. The summed E-state index contributed by atoms with van der Waals surface area (Å²) in [6.45, 7) is 1.40. The summed E-state index contributed by atoms with van der Waals surface area (Å²) >= 11 is 0. The van der Waals surface area contributed by atoms with Gasteiger partial charge in [0.05, 0.1) is 38.2 Å². The number of carbonyl (C=O) groups is 1. The highest BCUT2D eigenvalue weighted by Gasteiger charge is 2.53. The van der Waals surface area contributed by atoms with Crippen LogP contribution < -0.4 is 9.47 Å². The quantitative estimate of drug-likeness (QED) is 0.362. The Labute approximate surface area is 221 Å². The second-order valence-corrected chi connectivity index (χ2v) is 10.2. The average Bonchev–Trinajstić information content (AvgIpc) is 3.24. The summed E-state index contributed by atoms with van der Waals surface area (Å²) in [4.78, 5) is 27.2. The van der Waals surface area contributed by atoms with E-state index in [2.05, 4.69) is 27.0 Å². The molecule has 2 atom stereocenters. The zero-order valence-corrected chi connectivity index (χ0v) is 21.5. The predicted molar refractivity (Wildman–Crippen MR) is 134 cm³/mol. The lowest BCUT2D eigenvalue weighted by Gasteiger charge is -2.14. The fraction of sp³-hybridized carbons (Fsp3) is 0.370. The van der Waals surface area contributed by atoms with Gasteiger partial charge in [0, 0.05) is 30.1 Å². The summed E-state index contributed by atoms with van der Waals surface area (Å²) in [5, 5.41) is 4.66. The van der Waals surface area contributed by atoms with Crippen LogP contribution in [0.3, 0.4) is 0 Å². The number of benzene rings is 1. The van der Waals surface area contributed by atoms with E-state index in [0.29, 0.717) is 16.9 Å². The standard InChI is InChI=1S/C27H25F3N6O3/c1-26(15-4-6-16(28)7-5-15)11-19(26)17-10-20(18-12-31-25(39-3)33-23(18)38-2)34-36-13-21(32-22(17)36)24(37)35-9-8-27(29,30)14-35/h4-7,10,12-13,19H,8-9,11,14H2,1-3H3/t19-,26-/m1/s1. The smallest absolute Gasteiger partial charge is 0.319 e. The number of ether oxygens (including phenoxy) is 2. The van der Waals surface area contributed by atoms with E-state index >= 15 is 0 Å². The summed E-state index contributed by atoms with van der Waals surface area (Å²) in [6.07, 6.45) is 3.36. The first-order valence-electron chi connectivity index (χ1n) is 12.4. The molecule has 1 amide bonds. The molecule has 39 heavy (non-hydrogen) atoms. The van der Waals surface area contributed by atoms with E-state index in [0.717, 1.165) is 22.4 Å². The van der Waals surface area contributed by atoms with Gasteiger partial charge in [-0.25, -0.2) is 27.7 Å². The molecule has 1 saturated heterocycles. The second kappa shape index (κ2) is 8.92. The van der Waals surface area contributed by atoms with Gasteiger partial charge in [-0.3, -0.25) is 4.79 Å². The van der Waals surface area contributed by atoms with Crippen molar-refractivity contribution in [3.63, 3.8) is 0 Å². The number of rotatable bonds is 6. The highest BCUT2D eigenvalue weighted by atomic mass is 19.3. The van der Waals surface area contributed by atoms with Gasteiger partial charge in [0.25, 0.3) is 11.8 Å². The number of amides is 1. The number of imidazole rings is 1. The van der Waals surface area contributed by atoms with E-state index < -0.39 is 18.4 Å². The minimum absolute atomic E-state index is 0.0284. The first-order chi connectivity index (χ1) is 18.6. The van der Waals surface area contributed by atoms with Gasteiger partial charge < -0.3 is 14.4 Å². The Morgan fingerprint density at radius 3 is 2.56 bits per heavy atom. The molecule has 9 nitrogen and oxygen atoms in total. The van der Waals surface area contributed by atoms with Gasteiger partial charge in [0.1, 0.15) is 11.5 Å². The van der Waals surface area contributed by atoms with Crippen molar-refractivity contribution in [2.75, 3.05) is 27.3 Å². The molecular formula is C27H25F3N6O3. The van der Waals surface area contributed by atoms with Crippen LogP contribution in [0.5, 0.6) is 11.9 Å². The number of hydrogen-bond acceptors (Lipinski definition) is 7. The predicted octanol–water partition coefficient (Wildman–Crippen LogP) is 4.27. The van der Waals surface area contributed by atoms with Gasteiger partial charge >= 0.3 is 6.01 Å². The molecule has 0 bridgehead atoms. The van der Waals surface area contributed by atoms with Crippen molar-refractivity contribution in [3.8, 4) is 23.1 Å². The zero-order valence-electron chi connectivity index (χ0n) is 21.5. The van der Waals surface area contributed by atoms with Crippen molar-refractivity contribution in [1.29, 1.82) is 0 Å². The van der Waals surface area contributed by atoms with Crippen molar-refractivity contribution >= 4 is 11.6 Å². The van der Waals surface area contributed by atoms with E-state index in [9.17, 15) is 18.0 Å². The van der Waals surface area contributed by atoms with Crippen molar-refractivity contribution in [2.45, 2.75) is 37.0 Å². The first kappa shape index (κ1) is 25.1. The first-order valence-corrected chi connectivity index (χ1v) is 12.4. The zero-order chi connectivity index (χ0) is 27.5. The average molecular weight is 539 g/mol. The lowest BCUT2D eigenvalue weighted by Crippen LogP contribution is -2.31. The molecule has 1 saturated carbocycles. The molecule has 0 radical (unpaired) electrons. The topological polar surface area (TPSA) is 94.7 Å². The van der Waals surface area contributed by atoms with E-state index in [4.69, 9.17) is 9.47 Å². The summed E-state index contributed by atoms with van der Waals surface area (Å²) in [5.41, 5.74) is 2.90.